The molecule has 0 aliphatic rings. The molecule has 0 saturated heterocycles. The highest BCUT2D eigenvalue weighted by atomic mass is 79.9. The van der Waals surface area contributed by atoms with Crippen molar-refractivity contribution in [2.75, 3.05) is 0 Å². The van der Waals surface area contributed by atoms with Crippen LogP contribution in [-0.4, -0.2) is 14.8 Å². The van der Waals surface area contributed by atoms with E-state index in [0.29, 0.717) is 4.73 Å². The van der Waals surface area contributed by atoms with E-state index >= 15 is 0 Å². The molecule has 0 saturated carbocycles. The smallest absolute Gasteiger partial charge is 0.200 e. The van der Waals surface area contributed by atoms with Gasteiger partial charge in [0.15, 0.2) is 10.6 Å². The zero-order chi connectivity index (χ0) is 10.1. The summed E-state index contributed by atoms with van der Waals surface area (Å²) >= 11 is 3.08. The van der Waals surface area contributed by atoms with Gasteiger partial charge in [-0.05, 0) is 28.1 Å². The highest BCUT2D eigenvalue weighted by molar-refractivity contribution is 9.10. The monoisotopic (exact) mass is 259 g/mol. The van der Waals surface area contributed by atoms with Crippen molar-refractivity contribution >= 4 is 15.9 Å². The minimum Gasteiger partial charge on any atom is -0.209 e. The first-order valence-electron chi connectivity index (χ1n) is 3.69. The zero-order valence-corrected chi connectivity index (χ0v) is 8.37. The third-order valence-electron chi connectivity index (χ3n) is 1.64. The zero-order valence-electron chi connectivity index (χ0n) is 6.78. The molecular formula is C8H4BrF2N3. The molecule has 0 unspecified atom stereocenters. The van der Waals surface area contributed by atoms with Crippen LogP contribution in [0.1, 0.15) is 0 Å². The van der Waals surface area contributed by atoms with Gasteiger partial charge in [0.25, 0.3) is 0 Å². The Morgan fingerprint density at radius 1 is 1.29 bits per heavy atom. The van der Waals surface area contributed by atoms with Crippen molar-refractivity contribution in [2.45, 2.75) is 0 Å². The maximum absolute atomic E-state index is 13.2. The minimum atomic E-state index is -0.684. The van der Waals surface area contributed by atoms with Gasteiger partial charge in [-0.1, -0.05) is 0 Å². The second kappa shape index (κ2) is 3.45. The van der Waals surface area contributed by atoms with E-state index in [1.807, 2.05) is 0 Å². The Morgan fingerprint density at radius 2 is 2.07 bits per heavy atom. The van der Waals surface area contributed by atoms with Crippen LogP contribution in [0.15, 0.2) is 29.3 Å². The summed E-state index contributed by atoms with van der Waals surface area (Å²) in [7, 11) is 0. The van der Waals surface area contributed by atoms with E-state index in [-0.39, 0.29) is 5.69 Å². The molecule has 1 heterocycles. The lowest BCUT2D eigenvalue weighted by atomic mass is 10.3. The van der Waals surface area contributed by atoms with Gasteiger partial charge in [-0.15, -0.1) is 0 Å². The van der Waals surface area contributed by atoms with Gasteiger partial charge in [0.05, 0.1) is 0 Å². The van der Waals surface area contributed by atoms with Gasteiger partial charge in [0.1, 0.15) is 17.8 Å². The fourth-order valence-corrected chi connectivity index (χ4v) is 1.42. The van der Waals surface area contributed by atoms with E-state index in [1.54, 1.807) is 0 Å². The molecule has 3 nitrogen and oxygen atoms in total. The van der Waals surface area contributed by atoms with Crippen LogP contribution >= 0.6 is 15.9 Å². The molecule has 2 rings (SSSR count). The number of rotatable bonds is 1. The summed E-state index contributed by atoms with van der Waals surface area (Å²) in [6, 6.07) is 3.25. The molecule has 0 bridgehead atoms. The van der Waals surface area contributed by atoms with Gasteiger partial charge in [-0.2, -0.15) is 5.10 Å². The Hall–Kier alpha value is -1.30. The van der Waals surface area contributed by atoms with Crippen molar-refractivity contribution in [3.63, 3.8) is 0 Å². The van der Waals surface area contributed by atoms with E-state index in [0.717, 1.165) is 12.1 Å². The quantitative estimate of drug-likeness (QED) is 0.787. The normalized spacial score (nSPS) is 10.5. The van der Waals surface area contributed by atoms with Crippen LogP contribution in [0.25, 0.3) is 5.69 Å². The molecule has 72 valence electrons. The van der Waals surface area contributed by atoms with Crippen LogP contribution in [0, 0.1) is 11.6 Å². The van der Waals surface area contributed by atoms with Crippen molar-refractivity contribution < 1.29 is 8.78 Å². The van der Waals surface area contributed by atoms with Gasteiger partial charge in [0, 0.05) is 6.07 Å². The summed E-state index contributed by atoms with van der Waals surface area (Å²) in [6.45, 7) is 0. The van der Waals surface area contributed by atoms with Gasteiger partial charge in [-0.3, -0.25) is 0 Å². The second-order valence-corrected chi connectivity index (χ2v) is 3.25. The number of hydrogen-bond acceptors (Lipinski definition) is 2. The Balaban J connectivity index is 2.58. The summed E-state index contributed by atoms with van der Waals surface area (Å²) < 4.78 is 27.4. The average molecular weight is 260 g/mol. The van der Waals surface area contributed by atoms with Gasteiger partial charge >= 0.3 is 0 Å². The van der Waals surface area contributed by atoms with E-state index < -0.39 is 11.6 Å². The number of nitrogens with zero attached hydrogens (tertiary/aromatic N) is 3. The highest BCUT2D eigenvalue weighted by Crippen LogP contribution is 2.17. The first-order valence-corrected chi connectivity index (χ1v) is 4.49. The van der Waals surface area contributed by atoms with Crippen LogP contribution in [0.5, 0.6) is 0 Å². The fourth-order valence-electron chi connectivity index (χ4n) is 1.04. The summed E-state index contributed by atoms with van der Waals surface area (Å²) in [6.07, 6.45) is 1.27. The molecule has 2 aromatic rings. The second-order valence-electron chi connectivity index (χ2n) is 2.54. The molecule has 1 aromatic carbocycles. The Labute approximate surface area is 86.5 Å². The molecule has 0 fully saturated rings. The largest absolute Gasteiger partial charge is 0.209 e. The molecule has 0 aliphatic heterocycles. The molecule has 0 N–H and O–H groups in total. The molecule has 0 amide bonds. The molecule has 1 aromatic heterocycles. The topological polar surface area (TPSA) is 30.7 Å². The number of hydrogen-bond donors (Lipinski definition) is 0. The lowest BCUT2D eigenvalue weighted by Gasteiger charge is -2.02. The van der Waals surface area contributed by atoms with Gasteiger partial charge in [0.2, 0.25) is 0 Å². The first-order chi connectivity index (χ1) is 6.68. The molecule has 14 heavy (non-hydrogen) atoms. The third kappa shape index (κ3) is 1.52. The van der Waals surface area contributed by atoms with Crippen molar-refractivity contribution in [3.05, 3.63) is 40.9 Å². The summed E-state index contributed by atoms with van der Waals surface area (Å²) in [5.41, 5.74) is 0.149. The van der Waals surface area contributed by atoms with Crippen molar-refractivity contribution in [1.82, 2.24) is 14.8 Å². The molecular weight excluding hydrogens is 256 g/mol. The van der Waals surface area contributed by atoms with Crippen LogP contribution in [0.3, 0.4) is 0 Å². The summed E-state index contributed by atoms with van der Waals surface area (Å²) in [5, 5.41) is 3.77. The Kier molecular flexibility index (Phi) is 2.28. The van der Waals surface area contributed by atoms with Crippen molar-refractivity contribution in [2.24, 2.45) is 0 Å². The van der Waals surface area contributed by atoms with E-state index in [2.05, 4.69) is 26.0 Å². The molecule has 0 aliphatic carbocycles. The Morgan fingerprint density at radius 3 is 2.64 bits per heavy atom. The Bertz CT molecular complexity index is 469. The van der Waals surface area contributed by atoms with Crippen LogP contribution < -0.4 is 0 Å². The minimum absolute atomic E-state index is 0.149. The van der Waals surface area contributed by atoms with E-state index in [4.69, 9.17) is 0 Å². The summed E-state index contributed by atoms with van der Waals surface area (Å²) in [4.78, 5) is 3.76. The molecule has 0 radical (unpaired) electrons. The number of benzene rings is 1. The van der Waals surface area contributed by atoms with Gasteiger partial charge in [-0.25, -0.2) is 18.4 Å². The maximum atomic E-state index is 13.2. The van der Waals surface area contributed by atoms with E-state index in [1.165, 1.54) is 17.1 Å². The number of halogens is 3. The third-order valence-corrected chi connectivity index (χ3v) is 2.18. The van der Waals surface area contributed by atoms with E-state index in [9.17, 15) is 8.78 Å². The molecule has 0 atom stereocenters. The standard InChI is InChI=1S/C8H4BrF2N3/c9-8-12-4-13-14(8)7-2-1-5(10)3-6(7)11/h1-4H. The first kappa shape index (κ1) is 9.26. The average Bonchev–Trinajstić information content (AvgIpc) is 2.52. The van der Waals surface area contributed by atoms with Crippen LogP contribution in [0.2, 0.25) is 0 Å². The molecule has 6 heteroatoms. The number of aromatic nitrogens is 3. The SMILES string of the molecule is Fc1ccc(-n2ncnc2Br)c(F)c1. The lowest BCUT2D eigenvalue weighted by Crippen LogP contribution is -2.00. The maximum Gasteiger partial charge on any atom is 0.200 e. The van der Waals surface area contributed by atoms with Crippen molar-refractivity contribution in [3.8, 4) is 5.69 Å². The van der Waals surface area contributed by atoms with Crippen LogP contribution in [-0.2, 0) is 0 Å². The summed E-state index contributed by atoms with van der Waals surface area (Å²) in [5.74, 6) is -1.31. The van der Waals surface area contributed by atoms with Gasteiger partial charge < -0.3 is 0 Å². The fraction of sp³-hybridized carbons (Fsp3) is 0. The predicted octanol–water partition coefficient (Wildman–Crippen LogP) is 2.31. The molecule has 0 spiro atoms. The lowest BCUT2D eigenvalue weighted by molar-refractivity contribution is 0.572. The van der Waals surface area contributed by atoms with Crippen molar-refractivity contribution in [1.29, 1.82) is 0 Å². The highest BCUT2D eigenvalue weighted by Gasteiger charge is 2.09. The van der Waals surface area contributed by atoms with Crippen LogP contribution in [0.4, 0.5) is 8.78 Å². The predicted molar refractivity (Wildman–Crippen MR) is 49.0 cm³/mol.